The van der Waals surface area contributed by atoms with Gasteiger partial charge >= 0.3 is 5.97 Å². The summed E-state index contributed by atoms with van der Waals surface area (Å²) in [4.78, 5) is 23.0. The van der Waals surface area contributed by atoms with Crippen LogP contribution in [0.5, 0.6) is 0 Å². The molecule has 0 bridgehead atoms. The number of hydrogen-bond donors (Lipinski definition) is 2. The summed E-state index contributed by atoms with van der Waals surface area (Å²) < 4.78 is 1.71. The Bertz CT molecular complexity index is 894. The molecule has 7 nitrogen and oxygen atoms in total. The maximum absolute atomic E-state index is 12.0. The molecule has 132 valence electrons. The summed E-state index contributed by atoms with van der Waals surface area (Å²) in [6, 6.07) is 16.0. The number of carbonyl (C=O) groups excluding carboxylic acids is 1. The quantitative estimate of drug-likeness (QED) is 0.622. The summed E-state index contributed by atoms with van der Waals surface area (Å²) in [6.07, 6.45) is 1.53. The van der Waals surface area contributed by atoms with Crippen LogP contribution in [0.25, 0.3) is 5.69 Å². The van der Waals surface area contributed by atoms with Gasteiger partial charge in [-0.25, -0.2) is 4.79 Å². The van der Waals surface area contributed by atoms with Gasteiger partial charge in [0.2, 0.25) is 5.91 Å². The lowest BCUT2D eigenvalue weighted by Gasteiger charge is -2.07. The van der Waals surface area contributed by atoms with Crippen LogP contribution in [-0.4, -0.2) is 37.5 Å². The molecule has 0 aliphatic heterocycles. The number of nitrogens with one attached hydrogen (secondary N) is 1. The first kappa shape index (κ1) is 17.7. The molecule has 8 heteroatoms. The second-order valence-corrected chi connectivity index (χ2v) is 6.33. The number of benzene rings is 2. The van der Waals surface area contributed by atoms with E-state index in [1.165, 1.54) is 30.2 Å². The van der Waals surface area contributed by atoms with Crippen LogP contribution in [0.2, 0.25) is 0 Å². The average molecular weight is 368 g/mol. The van der Waals surface area contributed by atoms with Gasteiger partial charge in [0.05, 0.1) is 11.3 Å². The second kappa shape index (κ2) is 8.30. The third kappa shape index (κ3) is 4.48. The Morgan fingerprint density at radius 1 is 1.08 bits per heavy atom. The lowest BCUT2D eigenvalue weighted by Crippen LogP contribution is -2.24. The van der Waals surface area contributed by atoms with E-state index < -0.39 is 5.97 Å². The summed E-state index contributed by atoms with van der Waals surface area (Å²) in [5, 5.41) is 20.3. The highest BCUT2D eigenvalue weighted by molar-refractivity contribution is 7.99. The molecule has 0 saturated carbocycles. The van der Waals surface area contributed by atoms with Gasteiger partial charge in [-0.15, -0.1) is 10.2 Å². The van der Waals surface area contributed by atoms with Crippen LogP contribution in [0.15, 0.2) is 66.1 Å². The molecule has 3 aromatic rings. The number of aromatic nitrogens is 3. The molecule has 0 saturated heterocycles. The van der Waals surface area contributed by atoms with E-state index >= 15 is 0 Å². The molecule has 26 heavy (non-hydrogen) atoms. The average Bonchev–Trinajstić information content (AvgIpc) is 3.14. The van der Waals surface area contributed by atoms with Gasteiger partial charge in [-0.3, -0.25) is 9.36 Å². The maximum atomic E-state index is 12.0. The van der Waals surface area contributed by atoms with Crippen molar-refractivity contribution in [2.24, 2.45) is 0 Å². The molecule has 1 heterocycles. The van der Waals surface area contributed by atoms with E-state index in [1.54, 1.807) is 16.7 Å². The number of carboxylic acid groups (broad SMARTS) is 1. The van der Waals surface area contributed by atoms with Crippen LogP contribution in [0.3, 0.4) is 0 Å². The topological polar surface area (TPSA) is 97.1 Å². The Kier molecular flexibility index (Phi) is 5.65. The third-order valence-electron chi connectivity index (χ3n) is 3.57. The van der Waals surface area contributed by atoms with Crippen molar-refractivity contribution in [2.45, 2.75) is 11.7 Å². The first-order chi connectivity index (χ1) is 12.6. The molecule has 3 rings (SSSR count). The van der Waals surface area contributed by atoms with Crippen LogP contribution in [0.4, 0.5) is 0 Å². The van der Waals surface area contributed by atoms with Gasteiger partial charge in [0.1, 0.15) is 6.33 Å². The van der Waals surface area contributed by atoms with Crippen molar-refractivity contribution in [3.05, 3.63) is 72.1 Å². The number of hydrogen-bond acceptors (Lipinski definition) is 5. The van der Waals surface area contributed by atoms with Gasteiger partial charge in [-0.1, -0.05) is 42.1 Å². The van der Waals surface area contributed by atoms with Crippen molar-refractivity contribution in [1.29, 1.82) is 0 Å². The number of carbonyl (C=O) groups is 2. The maximum Gasteiger partial charge on any atom is 0.335 e. The Labute approximate surface area is 154 Å². The molecule has 0 fully saturated rings. The van der Waals surface area contributed by atoms with Crippen LogP contribution < -0.4 is 5.32 Å². The molecule has 0 unspecified atom stereocenters. The predicted molar refractivity (Wildman–Crippen MR) is 97.3 cm³/mol. The molecule has 2 aromatic carbocycles. The standard InChI is InChI=1S/C18H16N4O3S/c23-16(19-10-13-4-2-1-3-5-13)11-26-18-21-20-12-22(18)15-8-6-14(7-9-15)17(24)25/h1-9,12H,10-11H2,(H,19,23)(H,24,25). The molecule has 0 aliphatic carbocycles. The molecule has 0 atom stereocenters. The molecule has 1 amide bonds. The number of rotatable bonds is 7. The van der Waals surface area contributed by atoms with Crippen LogP contribution in [0, 0.1) is 0 Å². The van der Waals surface area contributed by atoms with Crippen LogP contribution >= 0.6 is 11.8 Å². The molecule has 0 spiro atoms. The number of thioether (sulfide) groups is 1. The lowest BCUT2D eigenvalue weighted by molar-refractivity contribution is -0.118. The minimum Gasteiger partial charge on any atom is -0.478 e. The fourth-order valence-corrected chi connectivity index (χ4v) is 3.00. The van der Waals surface area contributed by atoms with Gasteiger partial charge in [0.15, 0.2) is 5.16 Å². The monoisotopic (exact) mass is 368 g/mol. The van der Waals surface area contributed by atoms with Crippen molar-refractivity contribution in [3.63, 3.8) is 0 Å². The number of carboxylic acids is 1. The fourth-order valence-electron chi connectivity index (χ4n) is 2.24. The predicted octanol–water partition coefficient (Wildman–Crippen LogP) is 2.37. The first-order valence-electron chi connectivity index (χ1n) is 7.80. The Hall–Kier alpha value is -3.13. The minimum atomic E-state index is -0.981. The molecule has 2 N–H and O–H groups in total. The van der Waals surface area contributed by atoms with E-state index in [9.17, 15) is 9.59 Å². The highest BCUT2D eigenvalue weighted by Gasteiger charge is 2.11. The molecular weight excluding hydrogens is 352 g/mol. The molecular formula is C18H16N4O3S. The van der Waals surface area contributed by atoms with E-state index in [0.29, 0.717) is 11.7 Å². The van der Waals surface area contributed by atoms with Crippen LogP contribution in [-0.2, 0) is 11.3 Å². The van der Waals surface area contributed by atoms with Crippen molar-refractivity contribution in [1.82, 2.24) is 20.1 Å². The zero-order valence-electron chi connectivity index (χ0n) is 13.7. The van der Waals surface area contributed by atoms with E-state index in [2.05, 4.69) is 15.5 Å². The summed E-state index contributed by atoms with van der Waals surface area (Å²) in [5.41, 5.74) is 1.97. The van der Waals surface area contributed by atoms with Gasteiger partial charge < -0.3 is 10.4 Å². The Morgan fingerprint density at radius 2 is 1.81 bits per heavy atom. The second-order valence-electron chi connectivity index (χ2n) is 5.39. The molecule has 0 radical (unpaired) electrons. The normalized spacial score (nSPS) is 10.5. The van der Waals surface area contributed by atoms with Crippen molar-refractivity contribution < 1.29 is 14.7 Å². The highest BCUT2D eigenvalue weighted by Crippen LogP contribution is 2.19. The Balaban J connectivity index is 1.58. The number of nitrogens with zero attached hydrogens (tertiary/aromatic N) is 3. The van der Waals surface area contributed by atoms with E-state index in [1.807, 2.05) is 30.3 Å². The van der Waals surface area contributed by atoms with Crippen molar-refractivity contribution in [3.8, 4) is 5.69 Å². The Morgan fingerprint density at radius 3 is 2.50 bits per heavy atom. The summed E-state index contributed by atoms with van der Waals surface area (Å²) in [6.45, 7) is 0.476. The first-order valence-corrected chi connectivity index (χ1v) is 8.79. The summed E-state index contributed by atoms with van der Waals surface area (Å²) >= 11 is 1.26. The third-order valence-corrected chi connectivity index (χ3v) is 4.52. The highest BCUT2D eigenvalue weighted by atomic mass is 32.2. The van der Waals surface area contributed by atoms with Gasteiger partial charge in [-0.2, -0.15) is 0 Å². The van der Waals surface area contributed by atoms with Crippen LogP contribution in [0.1, 0.15) is 15.9 Å². The van der Waals surface area contributed by atoms with E-state index in [4.69, 9.17) is 5.11 Å². The van der Waals surface area contributed by atoms with Gasteiger partial charge in [0.25, 0.3) is 0 Å². The zero-order chi connectivity index (χ0) is 18.4. The zero-order valence-corrected chi connectivity index (χ0v) is 14.5. The fraction of sp³-hybridized carbons (Fsp3) is 0.111. The van der Waals surface area contributed by atoms with E-state index in [-0.39, 0.29) is 17.2 Å². The number of aromatic carboxylic acids is 1. The van der Waals surface area contributed by atoms with E-state index in [0.717, 1.165) is 11.3 Å². The summed E-state index contributed by atoms with van der Waals surface area (Å²) in [7, 11) is 0. The summed E-state index contributed by atoms with van der Waals surface area (Å²) in [5.74, 6) is -0.877. The van der Waals surface area contributed by atoms with Crippen molar-refractivity contribution in [2.75, 3.05) is 5.75 Å². The van der Waals surface area contributed by atoms with Gasteiger partial charge in [0, 0.05) is 12.2 Å². The molecule has 1 aromatic heterocycles. The largest absolute Gasteiger partial charge is 0.478 e. The molecule has 0 aliphatic rings. The number of amides is 1. The SMILES string of the molecule is O=C(CSc1nncn1-c1ccc(C(=O)O)cc1)NCc1ccccc1. The lowest BCUT2D eigenvalue weighted by atomic mass is 10.2. The smallest absolute Gasteiger partial charge is 0.335 e. The van der Waals surface area contributed by atoms with Gasteiger partial charge in [-0.05, 0) is 29.8 Å². The van der Waals surface area contributed by atoms with Crippen molar-refractivity contribution >= 4 is 23.6 Å². The minimum absolute atomic E-state index is 0.102.